The van der Waals surface area contributed by atoms with Gasteiger partial charge in [-0.05, 0) is 30.3 Å². The van der Waals surface area contributed by atoms with Gasteiger partial charge in [0.15, 0.2) is 5.76 Å². The van der Waals surface area contributed by atoms with Crippen molar-refractivity contribution >= 4 is 17.5 Å². The predicted molar refractivity (Wildman–Crippen MR) is 106 cm³/mol. The molecule has 1 amide bonds. The number of halogens is 1. The van der Waals surface area contributed by atoms with E-state index in [0.29, 0.717) is 34.4 Å². The maximum Gasteiger partial charge on any atom is 0.270 e. The Bertz CT molecular complexity index is 933. The van der Waals surface area contributed by atoms with Crippen LogP contribution in [0.2, 0.25) is 5.02 Å². The SMILES string of the molecule is O=C(NCCN1CCOCC1)c1cc(-c2ccco2)nn1-c1cccc(Cl)c1. The summed E-state index contributed by atoms with van der Waals surface area (Å²) < 4.78 is 12.4. The Morgan fingerprint density at radius 3 is 2.79 bits per heavy atom. The van der Waals surface area contributed by atoms with Crippen LogP contribution in [0.1, 0.15) is 10.5 Å². The second kappa shape index (κ2) is 8.60. The summed E-state index contributed by atoms with van der Waals surface area (Å²) in [5.41, 5.74) is 1.72. The molecule has 0 atom stereocenters. The number of hydrogen-bond donors (Lipinski definition) is 1. The first kappa shape index (κ1) is 18.7. The van der Waals surface area contributed by atoms with Crippen molar-refractivity contribution in [2.24, 2.45) is 0 Å². The van der Waals surface area contributed by atoms with Crippen molar-refractivity contribution in [2.45, 2.75) is 0 Å². The highest BCUT2D eigenvalue weighted by molar-refractivity contribution is 6.30. The van der Waals surface area contributed by atoms with Gasteiger partial charge in [-0.1, -0.05) is 17.7 Å². The average molecular weight is 401 g/mol. The fourth-order valence-electron chi connectivity index (χ4n) is 3.14. The average Bonchev–Trinajstić information content (AvgIpc) is 3.38. The zero-order chi connectivity index (χ0) is 19.3. The number of nitrogens with one attached hydrogen (secondary N) is 1. The van der Waals surface area contributed by atoms with Gasteiger partial charge in [0, 0.05) is 37.3 Å². The van der Waals surface area contributed by atoms with Crippen LogP contribution in [0.5, 0.6) is 0 Å². The molecule has 0 unspecified atom stereocenters. The minimum absolute atomic E-state index is 0.196. The summed E-state index contributed by atoms with van der Waals surface area (Å²) in [6.07, 6.45) is 1.58. The van der Waals surface area contributed by atoms with Gasteiger partial charge in [-0.3, -0.25) is 9.69 Å². The molecule has 1 saturated heterocycles. The van der Waals surface area contributed by atoms with E-state index in [9.17, 15) is 4.79 Å². The number of amides is 1. The topological polar surface area (TPSA) is 72.5 Å². The molecule has 2 aromatic heterocycles. The maximum atomic E-state index is 12.9. The predicted octanol–water partition coefficient (Wildman–Crippen LogP) is 2.85. The van der Waals surface area contributed by atoms with Gasteiger partial charge in [-0.15, -0.1) is 0 Å². The molecule has 3 aromatic rings. The van der Waals surface area contributed by atoms with E-state index >= 15 is 0 Å². The summed E-state index contributed by atoms with van der Waals surface area (Å²) in [7, 11) is 0. The van der Waals surface area contributed by atoms with Crippen molar-refractivity contribution < 1.29 is 13.9 Å². The number of carbonyl (C=O) groups is 1. The number of morpholine rings is 1. The summed E-state index contributed by atoms with van der Waals surface area (Å²) in [5, 5.41) is 8.12. The first-order chi connectivity index (χ1) is 13.7. The molecule has 1 fully saturated rings. The van der Waals surface area contributed by atoms with E-state index in [1.807, 2.05) is 18.2 Å². The van der Waals surface area contributed by atoms with E-state index in [2.05, 4.69) is 15.3 Å². The molecule has 7 nitrogen and oxygen atoms in total. The Labute approximate surface area is 167 Å². The van der Waals surface area contributed by atoms with E-state index in [0.717, 1.165) is 32.8 Å². The number of ether oxygens (including phenoxy) is 1. The smallest absolute Gasteiger partial charge is 0.270 e. The molecule has 0 bridgehead atoms. The first-order valence-electron chi connectivity index (χ1n) is 9.19. The summed E-state index contributed by atoms with van der Waals surface area (Å²) in [4.78, 5) is 15.1. The molecule has 0 aliphatic carbocycles. The van der Waals surface area contributed by atoms with Gasteiger partial charge in [-0.25, -0.2) is 4.68 Å². The zero-order valence-electron chi connectivity index (χ0n) is 15.3. The number of nitrogens with zero attached hydrogens (tertiary/aromatic N) is 3. The van der Waals surface area contributed by atoms with Crippen LogP contribution in [-0.2, 0) is 4.74 Å². The van der Waals surface area contributed by atoms with Crippen molar-refractivity contribution in [1.29, 1.82) is 0 Å². The van der Waals surface area contributed by atoms with Gasteiger partial charge in [0.05, 0.1) is 25.2 Å². The Balaban J connectivity index is 1.54. The van der Waals surface area contributed by atoms with Crippen LogP contribution in [-0.4, -0.2) is 60.0 Å². The number of rotatable bonds is 6. The summed E-state index contributed by atoms with van der Waals surface area (Å²) in [6.45, 7) is 4.59. The highest BCUT2D eigenvalue weighted by Crippen LogP contribution is 2.23. The van der Waals surface area contributed by atoms with Crippen LogP contribution in [0.3, 0.4) is 0 Å². The van der Waals surface area contributed by atoms with Crippen molar-refractivity contribution in [3.63, 3.8) is 0 Å². The minimum atomic E-state index is -0.196. The highest BCUT2D eigenvalue weighted by atomic mass is 35.5. The van der Waals surface area contributed by atoms with E-state index < -0.39 is 0 Å². The standard InChI is InChI=1S/C20H21ClN4O3/c21-15-3-1-4-16(13-15)25-18(14-17(23-25)19-5-2-10-28-19)20(26)22-6-7-24-8-11-27-12-9-24/h1-5,10,13-14H,6-9,11-12H2,(H,22,26). The van der Waals surface area contributed by atoms with Crippen molar-refractivity contribution in [2.75, 3.05) is 39.4 Å². The number of benzene rings is 1. The molecule has 0 radical (unpaired) electrons. The Hall–Kier alpha value is -2.61. The molecule has 0 saturated carbocycles. The molecule has 1 aliphatic rings. The third-order valence-corrected chi connectivity index (χ3v) is 4.82. The Morgan fingerprint density at radius 1 is 1.18 bits per heavy atom. The fourth-order valence-corrected chi connectivity index (χ4v) is 3.32. The highest BCUT2D eigenvalue weighted by Gasteiger charge is 2.19. The summed E-state index contributed by atoms with van der Waals surface area (Å²) in [5.74, 6) is 0.404. The van der Waals surface area contributed by atoms with Crippen LogP contribution < -0.4 is 5.32 Å². The monoisotopic (exact) mass is 400 g/mol. The number of furan rings is 1. The number of carbonyl (C=O) groups excluding carboxylic acids is 1. The Morgan fingerprint density at radius 2 is 2.04 bits per heavy atom. The van der Waals surface area contributed by atoms with Crippen molar-refractivity contribution in [3.05, 3.63) is 59.4 Å². The molecule has 8 heteroatoms. The van der Waals surface area contributed by atoms with Crippen LogP contribution in [0.4, 0.5) is 0 Å². The number of aromatic nitrogens is 2. The van der Waals surface area contributed by atoms with Crippen LogP contribution >= 0.6 is 11.6 Å². The summed E-state index contributed by atoms with van der Waals surface area (Å²) >= 11 is 6.13. The van der Waals surface area contributed by atoms with Gasteiger partial charge in [0.25, 0.3) is 5.91 Å². The molecular formula is C20H21ClN4O3. The lowest BCUT2D eigenvalue weighted by atomic mass is 10.2. The van der Waals surface area contributed by atoms with Gasteiger partial charge in [-0.2, -0.15) is 5.10 Å². The summed E-state index contributed by atoms with van der Waals surface area (Å²) in [6, 6.07) is 12.6. The van der Waals surface area contributed by atoms with Gasteiger partial charge in [0.2, 0.25) is 0 Å². The van der Waals surface area contributed by atoms with Crippen LogP contribution in [0.25, 0.3) is 17.1 Å². The second-order valence-electron chi connectivity index (χ2n) is 6.49. The van der Waals surface area contributed by atoms with Crippen LogP contribution in [0.15, 0.2) is 53.1 Å². The lowest BCUT2D eigenvalue weighted by molar-refractivity contribution is 0.0383. The van der Waals surface area contributed by atoms with Crippen molar-refractivity contribution in [3.8, 4) is 17.1 Å². The van der Waals surface area contributed by atoms with E-state index in [4.69, 9.17) is 20.8 Å². The normalized spacial score (nSPS) is 14.9. The maximum absolute atomic E-state index is 12.9. The van der Waals surface area contributed by atoms with E-state index in [-0.39, 0.29) is 5.91 Å². The molecule has 1 aliphatic heterocycles. The quantitative estimate of drug-likeness (QED) is 0.688. The van der Waals surface area contributed by atoms with E-state index in [1.165, 1.54) is 0 Å². The Kier molecular flexibility index (Phi) is 5.76. The lowest BCUT2D eigenvalue weighted by Crippen LogP contribution is -2.41. The molecule has 146 valence electrons. The van der Waals surface area contributed by atoms with Gasteiger partial charge >= 0.3 is 0 Å². The van der Waals surface area contributed by atoms with E-state index in [1.54, 1.807) is 35.2 Å². The minimum Gasteiger partial charge on any atom is -0.463 e. The molecule has 3 heterocycles. The third kappa shape index (κ3) is 4.27. The molecule has 4 rings (SSSR count). The van der Waals surface area contributed by atoms with Gasteiger partial charge in [0.1, 0.15) is 11.4 Å². The lowest BCUT2D eigenvalue weighted by Gasteiger charge is -2.26. The molecule has 28 heavy (non-hydrogen) atoms. The van der Waals surface area contributed by atoms with Crippen LogP contribution in [0, 0.1) is 0 Å². The molecule has 1 N–H and O–H groups in total. The third-order valence-electron chi connectivity index (χ3n) is 4.59. The van der Waals surface area contributed by atoms with Crippen molar-refractivity contribution in [1.82, 2.24) is 20.0 Å². The second-order valence-corrected chi connectivity index (χ2v) is 6.93. The zero-order valence-corrected chi connectivity index (χ0v) is 16.1. The molecule has 1 aromatic carbocycles. The fraction of sp³-hybridized carbons (Fsp3) is 0.300. The number of hydrogen-bond acceptors (Lipinski definition) is 5. The molecular weight excluding hydrogens is 380 g/mol. The largest absolute Gasteiger partial charge is 0.463 e. The van der Waals surface area contributed by atoms with Gasteiger partial charge < -0.3 is 14.5 Å². The molecule has 0 spiro atoms. The first-order valence-corrected chi connectivity index (χ1v) is 9.57.